The number of nitrogens with one attached hydrogen (secondary N) is 1. The molecule has 6 nitrogen and oxygen atoms in total. The molecule has 0 aliphatic rings. The van der Waals surface area contributed by atoms with Crippen LogP contribution in [0.3, 0.4) is 0 Å². The standard InChI is InChI=1S/C63H113NO5/c1-4-7-10-13-16-19-22-25-28-30-31-32-35-38-41-44-47-50-53-56-63(68)69-59(54-51-48-45-42-39-36-33-27-24-21-18-15-12-9-6-3)57-62(67)64-60(58-65)61(66)55-52-49-46-43-40-37-34-29-26-23-20-17-14-11-8-5-2/h9,12,18,21,25,27-28,33,39,42,48,51,59-61,65-66H,4-8,10-11,13-17,19-20,22-24,26,29-32,34-38,40-41,43-47,49-50,52-58H2,1-3H3,(H,64,67)/b12-9-,21-18-,28-25+,33-27-,42-39-,51-48-. The molecule has 0 saturated heterocycles. The van der Waals surface area contributed by atoms with Crippen molar-refractivity contribution in [2.75, 3.05) is 6.61 Å². The van der Waals surface area contributed by atoms with E-state index in [-0.39, 0.29) is 24.9 Å². The Bertz CT molecular complexity index is 1270. The summed E-state index contributed by atoms with van der Waals surface area (Å²) >= 11 is 0. The summed E-state index contributed by atoms with van der Waals surface area (Å²) in [4.78, 5) is 26.3. The second kappa shape index (κ2) is 56.2. The summed E-state index contributed by atoms with van der Waals surface area (Å²) in [7, 11) is 0. The van der Waals surface area contributed by atoms with Crippen LogP contribution in [-0.4, -0.2) is 46.9 Å². The summed E-state index contributed by atoms with van der Waals surface area (Å²) < 4.78 is 5.90. The van der Waals surface area contributed by atoms with E-state index in [1.165, 1.54) is 173 Å². The molecular formula is C63H113NO5. The summed E-state index contributed by atoms with van der Waals surface area (Å²) in [5.41, 5.74) is 0. The average Bonchev–Trinajstić information content (AvgIpc) is 3.34. The van der Waals surface area contributed by atoms with Crippen LogP contribution in [0.4, 0.5) is 0 Å². The number of hydrogen-bond donors (Lipinski definition) is 3. The van der Waals surface area contributed by atoms with E-state index in [9.17, 15) is 19.8 Å². The Morgan fingerprint density at radius 2 is 0.812 bits per heavy atom. The third kappa shape index (κ3) is 51.5. The number of allylic oxidation sites excluding steroid dienone is 11. The lowest BCUT2D eigenvalue weighted by atomic mass is 10.0. The molecule has 0 spiro atoms. The van der Waals surface area contributed by atoms with E-state index < -0.39 is 18.2 Å². The summed E-state index contributed by atoms with van der Waals surface area (Å²) in [5, 5.41) is 23.9. The van der Waals surface area contributed by atoms with E-state index in [0.29, 0.717) is 19.3 Å². The number of carbonyl (C=O) groups excluding carboxylic acids is 2. The fourth-order valence-electron chi connectivity index (χ4n) is 8.80. The summed E-state index contributed by atoms with van der Waals surface area (Å²) in [6, 6.07) is -0.736. The van der Waals surface area contributed by atoms with Crippen molar-refractivity contribution in [1.82, 2.24) is 5.32 Å². The number of rotatable bonds is 53. The molecule has 1 amide bonds. The molecule has 0 aromatic rings. The van der Waals surface area contributed by atoms with Crippen LogP contribution in [0.2, 0.25) is 0 Å². The van der Waals surface area contributed by atoms with Crippen LogP contribution >= 0.6 is 0 Å². The van der Waals surface area contributed by atoms with Gasteiger partial charge in [-0.3, -0.25) is 9.59 Å². The molecule has 0 rings (SSSR count). The van der Waals surface area contributed by atoms with Crippen molar-refractivity contribution in [1.29, 1.82) is 0 Å². The molecule has 0 bridgehead atoms. The summed E-state index contributed by atoms with van der Waals surface area (Å²) in [6.07, 6.45) is 72.8. The molecule has 0 aromatic heterocycles. The Morgan fingerprint density at radius 1 is 0.449 bits per heavy atom. The van der Waals surface area contributed by atoms with Crippen molar-refractivity contribution in [3.63, 3.8) is 0 Å². The summed E-state index contributed by atoms with van der Waals surface area (Å²) in [5.74, 6) is -0.575. The number of aliphatic hydroxyl groups is 2. The van der Waals surface area contributed by atoms with Crippen LogP contribution in [0, 0.1) is 0 Å². The van der Waals surface area contributed by atoms with Crippen molar-refractivity contribution in [2.24, 2.45) is 0 Å². The average molecular weight is 965 g/mol. The predicted octanol–water partition coefficient (Wildman–Crippen LogP) is 18.5. The molecule has 0 aliphatic heterocycles. The van der Waals surface area contributed by atoms with Gasteiger partial charge in [0.1, 0.15) is 6.10 Å². The minimum Gasteiger partial charge on any atom is -0.461 e. The number of aliphatic hydroxyl groups excluding tert-OH is 2. The Morgan fingerprint density at radius 3 is 1.22 bits per heavy atom. The normalized spacial score (nSPS) is 13.6. The SMILES string of the molecule is CC/C=C\C/C=C\C/C=C\C/C=C\C/C=C\CC(CC(=O)NC(CO)C(O)CCCCCCCCCCCCCCCCCC)OC(=O)CCCCCCCCCCC/C=C/CCCCCCCC. The van der Waals surface area contributed by atoms with Gasteiger partial charge in [-0.2, -0.15) is 0 Å². The number of ether oxygens (including phenoxy) is 1. The lowest BCUT2D eigenvalue weighted by Gasteiger charge is -2.24. The van der Waals surface area contributed by atoms with Gasteiger partial charge in [0.15, 0.2) is 0 Å². The van der Waals surface area contributed by atoms with Gasteiger partial charge in [-0.1, -0.05) is 273 Å². The highest BCUT2D eigenvalue weighted by atomic mass is 16.5. The number of hydrogen-bond acceptors (Lipinski definition) is 5. The fraction of sp³-hybridized carbons (Fsp3) is 0.778. The molecule has 0 fully saturated rings. The van der Waals surface area contributed by atoms with E-state index >= 15 is 0 Å². The largest absolute Gasteiger partial charge is 0.461 e. The second-order valence-corrected chi connectivity index (χ2v) is 20.0. The van der Waals surface area contributed by atoms with E-state index in [0.717, 1.165) is 70.6 Å². The van der Waals surface area contributed by atoms with Crippen LogP contribution in [0.15, 0.2) is 72.9 Å². The van der Waals surface area contributed by atoms with Crippen molar-refractivity contribution in [3.05, 3.63) is 72.9 Å². The smallest absolute Gasteiger partial charge is 0.306 e. The lowest BCUT2D eigenvalue weighted by molar-refractivity contribution is -0.150. The Kier molecular flexibility index (Phi) is 54.0. The van der Waals surface area contributed by atoms with Gasteiger partial charge in [-0.25, -0.2) is 0 Å². The van der Waals surface area contributed by atoms with Gasteiger partial charge in [0.05, 0.1) is 25.2 Å². The van der Waals surface area contributed by atoms with Gasteiger partial charge in [0.25, 0.3) is 0 Å². The zero-order valence-corrected chi connectivity index (χ0v) is 45.7. The first kappa shape index (κ1) is 66.3. The molecule has 3 N–H and O–H groups in total. The summed E-state index contributed by atoms with van der Waals surface area (Å²) in [6.45, 7) is 6.37. The third-order valence-corrected chi connectivity index (χ3v) is 13.3. The predicted molar refractivity (Wildman–Crippen MR) is 301 cm³/mol. The van der Waals surface area contributed by atoms with Crippen molar-refractivity contribution >= 4 is 11.9 Å². The molecule has 0 aliphatic carbocycles. The Balaban J connectivity index is 4.62. The molecule has 3 unspecified atom stereocenters. The van der Waals surface area contributed by atoms with Crippen LogP contribution in [0.5, 0.6) is 0 Å². The molecule has 400 valence electrons. The Hall–Kier alpha value is -2.70. The third-order valence-electron chi connectivity index (χ3n) is 13.3. The number of carbonyl (C=O) groups is 2. The van der Waals surface area contributed by atoms with Crippen LogP contribution in [-0.2, 0) is 14.3 Å². The minimum absolute atomic E-state index is 0.00218. The molecular weight excluding hydrogens is 851 g/mol. The molecule has 69 heavy (non-hydrogen) atoms. The maximum atomic E-state index is 13.3. The molecule has 0 heterocycles. The van der Waals surface area contributed by atoms with Crippen molar-refractivity contribution in [2.45, 2.75) is 309 Å². The number of esters is 1. The zero-order chi connectivity index (χ0) is 50.2. The zero-order valence-electron chi connectivity index (χ0n) is 45.7. The quantitative estimate of drug-likeness (QED) is 0.0321. The molecule has 0 radical (unpaired) electrons. The minimum atomic E-state index is -0.815. The first-order valence-corrected chi connectivity index (χ1v) is 29.7. The Labute approximate surface area is 428 Å². The first-order chi connectivity index (χ1) is 34.0. The first-order valence-electron chi connectivity index (χ1n) is 29.7. The number of unbranched alkanes of at least 4 members (excludes halogenated alkanes) is 30. The highest BCUT2D eigenvalue weighted by molar-refractivity contribution is 5.77. The lowest BCUT2D eigenvalue weighted by Crippen LogP contribution is -2.46. The molecule has 3 atom stereocenters. The highest BCUT2D eigenvalue weighted by Gasteiger charge is 2.23. The highest BCUT2D eigenvalue weighted by Crippen LogP contribution is 2.17. The van der Waals surface area contributed by atoms with E-state index in [4.69, 9.17) is 4.74 Å². The topological polar surface area (TPSA) is 95.9 Å². The monoisotopic (exact) mass is 964 g/mol. The van der Waals surface area contributed by atoms with Crippen molar-refractivity contribution in [3.8, 4) is 0 Å². The number of amides is 1. The van der Waals surface area contributed by atoms with Gasteiger partial charge in [0, 0.05) is 12.8 Å². The van der Waals surface area contributed by atoms with Gasteiger partial charge in [-0.05, 0) is 70.6 Å². The van der Waals surface area contributed by atoms with Crippen molar-refractivity contribution < 1.29 is 24.5 Å². The van der Waals surface area contributed by atoms with Crippen LogP contribution < -0.4 is 5.32 Å². The molecule has 0 aromatic carbocycles. The van der Waals surface area contributed by atoms with E-state index in [1.807, 2.05) is 6.08 Å². The maximum Gasteiger partial charge on any atom is 0.306 e. The second-order valence-electron chi connectivity index (χ2n) is 20.0. The maximum absolute atomic E-state index is 13.3. The van der Waals surface area contributed by atoms with Crippen LogP contribution in [0.25, 0.3) is 0 Å². The fourth-order valence-corrected chi connectivity index (χ4v) is 8.80. The van der Waals surface area contributed by atoms with Crippen LogP contribution in [0.1, 0.15) is 290 Å². The van der Waals surface area contributed by atoms with Gasteiger partial charge in [0.2, 0.25) is 5.91 Å². The van der Waals surface area contributed by atoms with E-state index in [2.05, 4.69) is 92.9 Å². The molecule has 6 heteroatoms. The van der Waals surface area contributed by atoms with Gasteiger partial charge in [-0.15, -0.1) is 0 Å². The van der Waals surface area contributed by atoms with Gasteiger partial charge >= 0.3 is 5.97 Å². The molecule has 0 saturated carbocycles. The van der Waals surface area contributed by atoms with E-state index in [1.54, 1.807) is 0 Å². The van der Waals surface area contributed by atoms with Gasteiger partial charge < -0.3 is 20.3 Å².